The van der Waals surface area contributed by atoms with Crippen LogP contribution in [0.1, 0.15) is 5.76 Å². The van der Waals surface area contributed by atoms with Crippen molar-refractivity contribution in [2.75, 3.05) is 17.6 Å². The van der Waals surface area contributed by atoms with Crippen molar-refractivity contribution < 1.29 is 17.6 Å². The van der Waals surface area contributed by atoms with Crippen LogP contribution in [0.5, 0.6) is 0 Å². The lowest BCUT2D eigenvalue weighted by Crippen LogP contribution is -2.33. The molecule has 1 aromatic heterocycles. The van der Waals surface area contributed by atoms with E-state index < -0.39 is 21.8 Å². The number of benzene rings is 1. The van der Waals surface area contributed by atoms with Crippen LogP contribution >= 0.6 is 0 Å². The first-order chi connectivity index (χ1) is 11.3. The van der Waals surface area contributed by atoms with Crippen molar-refractivity contribution in [1.82, 2.24) is 5.32 Å². The van der Waals surface area contributed by atoms with Crippen molar-refractivity contribution >= 4 is 45.4 Å². The molecule has 0 aliphatic rings. The Morgan fingerprint density at radius 3 is 2.79 bits per heavy atom. The molecule has 0 bridgehead atoms. The fourth-order valence-corrected chi connectivity index (χ4v) is 2.77. The van der Waals surface area contributed by atoms with E-state index in [9.17, 15) is 13.2 Å². The molecule has 1 heterocycles. The molecule has 9 nitrogen and oxygen atoms in total. The summed E-state index contributed by atoms with van der Waals surface area (Å²) in [5, 5.41) is 5.81. The number of nitrogens with one attached hydrogen (secondary N) is 2. The minimum absolute atomic E-state index is 0.147. The summed E-state index contributed by atoms with van der Waals surface area (Å²) in [6.45, 7) is 4.98. The van der Waals surface area contributed by atoms with E-state index in [4.69, 9.17) is 10.2 Å². The van der Waals surface area contributed by atoms with Crippen LogP contribution in [0.25, 0.3) is 11.0 Å². The summed E-state index contributed by atoms with van der Waals surface area (Å²) in [7, 11) is -3.84. The number of urea groups is 1. The Morgan fingerprint density at radius 1 is 1.38 bits per heavy atom. The van der Waals surface area contributed by atoms with Gasteiger partial charge in [0.15, 0.2) is 0 Å². The second-order valence-electron chi connectivity index (χ2n) is 4.88. The Balaban J connectivity index is 2.14. The molecule has 0 radical (unpaired) electrons. The fourth-order valence-electron chi connectivity index (χ4n) is 1.95. The third-order valence-corrected chi connectivity index (χ3v) is 4.10. The van der Waals surface area contributed by atoms with Crippen LogP contribution in [0.15, 0.2) is 38.1 Å². The van der Waals surface area contributed by atoms with Gasteiger partial charge in [-0.05, 0) is 37.9 Å². The zero-order valence-electron chi connectivity index (χ0n) is 12.9. The number of furan rings is 1. The number of hydrogen-bond acceptors (Lipinski definition) is 4. The van der Waals surface area contributed by atoms with Gasteiger partial charge >= 0.3 is 6.03 Å². The molecule has 2 aromatic rings. The first-order valence-corrected chi connectivity index (χ1v) is 8.50. The van der Waals surface area contributed by atoms with Gasteiger partial charge < -0.3 is 20.8 Å². The predicted octanol–water partition coefficient (Wildman–Crippen LogP) is 1.21. The van der Waals surface area contributed by atoms with Gasteiger partial charge in [-0.1, -0.05) is 0 Å². The number of aryl methyl sites for hydroxylation is 1. The smallest absolute Gasteiger partial charge is 0.312 e. The number of fused-ring (bicyclic) bond motifs is 1. The van der Waals surface area contributed by atoms with Gasteiger partial charge in [-0.3, -0.25) is 0 Å². The predicted molar refractivity (Wildman–Crippen MR) is 92.9 cm³/mol. The van der Waals surface area contributed by atoms with Crippen molar-refractivity contribution in [2.24, 2.45) is 15.1 Å². The van der Waals surface area contributed by atoms with Gasteiger partial charge in [0.05, 0.1) is 5.75 Å². The number of primary amides is 1. The first kappa shape index (κ1) is 17.5. The van der Waals surface area contributed by atoms with E-state index in [1.165, 1.54) is 0 Å². The largest absolute Gasteiger partial charge is 0.461 e. The summed E-state index contributed by atoms with van der Waals surface area (Å²) < 4.78 is 32.7. The number of rotatable bonds is 5. The van der Waals surface area contributed by atoms with Crippen LogP contribution < -0.4 is 16.4 Å². The van der Waals surface area contributed by atoms with Crippen molar-refractivity contribution in [3.8, 4) is 0 Å². The summed E-state index contributed by atoms with van der Waals surface area (Å²) in [5.41, 5.74) is 6.17. The molecular formula is C14H17N5O4S. The number of aliphatic imine (C=N–C) groups is 1. The highest BCUT2D eigenvalue weighted by Gasteiger charge is 2.11. The number of guanidine groups is 1. The summed E-state index contributed by atoms with van der Waals surface area (Å²) in [4.78, 5) is 14.1. The summed E-state index contributed by atoms with van der Waals surface area (Å²) in [5.74, 6) is 0.187. The normalized spacial score (nSPS) is 12.1. The molecule has 0 atom stereocenters. The molecule has 0 aliphatic heterocycles. The number of carbonyl (C=O) groups is 1. The molecule has 0 spiro atoms. The van der Waals surface area contributed by atoms with E-state index in [1.807, 2.05) is 13.0 Å². The van der Waals surface area contributed by atoms with Crippen molar-refractivity contribution in [2.45, 2.75) is 6.92 Å². The van der Waals surface area contributed by atoms with E-state index in [1.54, 1.807) is 18.2 Å². The zero-order chi connectivity index (χ0) is 17.7. The molecule has 0 saturated carbocycles. The summed E-state index contributed by atoms with van der Waals surface area (Å²) in [6, 6.07) is 6.26. The average Bonchev–Trinajstić information content (AvgIpc) is 2.85. The zero-order valence-corrected chi connectivity index (χ0v) is 13.8. The Bertz CT molecular complexity index is 901. The standard InChI is InChI=1S/C14H17N5O4S/c1-9-7-10-8-11(3-4-12(10)23-9)18-14(16-2)19-24(21,22)6-5-17-13(15)20/h3-4,7-8H,2,5-6H2,1H3,(H,18,19)(H3,15,17,20). The molecule has 10 heteroatoms. The van der Waals surface area contributed by atoms with Crippen LogP contribution in [-0.2, 0) is 10.0 Å². The van der Waals surface area contributed by atoms with Gasteiger partial charge in [0, 0.05) is 17.6 Å². The van der Waals surface area contributed by atoms with Crippen LogP contribution in [0.3, 0.4) is 0 Å². The summed E-state index contributed by atoms with van der Waals surface area (Å²) in [6.07, 6.45) is 0. The fraction of sp³-hybridized carbons (Fsp3) is 0.214. The minimum atomic E-state index is -3.84. The maximum atomic E-state index is 11.9. The van der Waals surface area contributed by atoms with Crippen molar-refractivity contribution in [3.63, 3.8) is 0 Å². The van der Waals surface area contributed by atoms with Gasteiger partial charge in [0.2, 0.25) is 5.96 Å². The molecule has 128 valence electrons. The van der Waals surface area contributed by atoms with Gasteiger partial charge in [0.1, 0.15) is 11.3 Å². The van der Waals surface area contributed by atoms with E-state index >= 15 is 0 Å². The van der Waals surface area contributed by atoms with Gasteiger partial charge in [-0.25, -0.2) is 18.2 Å². The second kappa shape index (κ2) is 7.13. The van der Waals surface area contributed by atoms with E-state index in [2.05, 4.69) is 26.7 Å². The molecule has 2 amide bonds. The molecular weight excluding hydrogens is 334 g/mol. The third-order valence-electron chi connectivity index (χ3n) is 2.93. The van der Waals surface area contributed by atoms with E-state index in [0.29, 0.717) is 11.3 Å². The molecule has 0 unspecified atom stereocenters. The maximum absolute atomic E-state index is 11.9. The second-order valence-corrected chi connectivity index (χ2v) is 6.64. The number of nitrogens with zero attached hydrogens (tertiary/aromatic N) is 2. The molecule has 0 saturated heterocycles. The number of nitrogens with two attached hydrogens (primary N) is 1. The quantitative estimate of drug-likeness (QED) is 0.549. The average molecular weight is 351 g/mol. The third kappa shape index (κ3) is 4.81. The molecule has 0 fully saturated rings. The van der Waals surface area contributed by atoms with Crippen LogP contribution in [0.2, 0.25) is 0 Å². The SMILES string of the molecule is C=NC(=NS(=O)(=O)CCNC(N)=O)Nc1ccc2oc(C)cc2c1. The maximum Gasteiger partial charge on any atom is 0.312 e. The number of amides is 2. The highest BCUT2D eigenvalue weighted by molar-refractivity contribution is 7.90. The highest BCUT2D eigenvalue weighted by Crippen LogP contribution is 2.22. The monoisotopic (exact) mass is 351 g/mol. The summed E-state index contributed by atoms with van der Waals surface area (Å²) >= 11 is 0. The van der Waals surface area contributed by atoms with Gasteiger partial charge in [0.25, 0.3) is 10.0 Å². The van der Waals surface area contributed by atoms with Crippen LogP contribution in [0, 0.1) is 6.92 Å². The van der Waals surface area contributed by atoms with Crippen LogP contribution in [0.4, 0.5) is 10.5 Å². The number of carbonyl (C=O) groups excluding carboxylic acids is 1. The Kier molecular flexibility index (Phi) is 5.19. The Hall–Kier alpha value is -2.88. The minimum Gasteiger partial charge on any atom is -0.461 e. The number of anilines is 1. The Morgan fingerprint density at radius 2 is 2.12 bits per heavy atom. The van der Waals surface area contributed by atoms with Crippen LogP contribution in [-0.4, -0.2) is 39.4 Å². The topological polar surface area (TPSA) is 139 Å². The molecule has 4 N–H and O–H groups in total. The Labute approximate surface area is 138 Å². The van der Waals surface area contributed by atoms with E-state index in [0.717, 1.165) is 11.1 Å². The van der Waals surface area contributed by atoms with Gasteiger partial charge in [-0.15, -0.1) is 4.40 Å². The van der Waals surface area contributed by atoms with Crippen molar-refractivity contribution in [1.29, 1.82) is 0 Å². The molecule has 0 aliphatic carbocycles. The molecule has 2 rings (SSSR count). The lowest BCUT2D eigenvalue weighted by Gasteiger charge is -2.06. The lowest BCUT2D eigenvalue weighted by atomic mass is 10.2. The van der Waals surface area contributed by atoms with Gasteiger partial charge in [-0.2, -0.15) is 0 Å². The number of sulfonamides is 1. The number of hydrogen-bond donors (Lipinski definition) is 3. The first-order valence-electron chi connectivity index (χ1n) is 6.89. The molecule has 1 aromatic carbocycles. The van der Waals surface area contributed by atoms with E-state index in [-0.39, 0.29) is 12.5 Å². The highest BCUT2D eigenvalue weighted by atomic mass is 32.2. The molecule has 24 heavy (non-hydrogen) atoms. The lowest BCUT2D eigenvalue weighted by molar-refractivity contribution is 0.249. The van der Waals surface area contributed by atoms with Crippen molar-refractivity contribution in [3.05, 3.63) is 30.0 Å².